The number of nitrogens with one attached hydrogen (secondary N) is 1. The molecule has 1 rings (SSSR count). The van der Waals surface area contributed by atoms with Crippen molar-refractivity contribution in [3.05, 3.63) is 35.9 Å². The summed E-state index contributed by atoms with van der Waals surface area (Å²) in [5, 5.41) is 2.83. The molecular formula is C20H32N2O5. The molecule has 0 radical (unpaired) electrons. The fourth-order valence-electron chi connectivity index (χ4n) is 2.59. The lowest BCUT2D eigenvalue weighted by Crippen LogP contribution is -2.44. The minimum atomic E-state index is -0.396. The van der Waals surface area contributed by atoms with Crippen molar-refractivity contribution in [1.29, 1.82) is 0 Å². The van der Waals surface area contributed by atoms with Gasteiger partial charge in [-0.2, -0.15) is 0 Å². The van der Waals surface area contributed by atoms with Crippen LogP contribution in [0.1, 0.15) is 36.5 Å². The number of methoxy groups -OCH3 is 3. The van der Waals surface area contributed by atoms with E-state index in [9.17, 15) is 9.59 Å². The number of hydrogen-bond acceptors (Lipinski definition) is 5. The largest absolute Gasteiger partial charge is 0.379 e. The van der Waals surface area contributed by atoms with Gasteiger partial charge in [0.05, 0.1) is 12.6 Å². The van der Waals surface area contributed by atoms with Gasteiger partial charge < -0.3 is 24.4 Å². The van der Waals surface area contributed by atoms with Gasteiger partial charge in [-0.3, -0.25) is 9.59 Å². The van der Waals surface area contributed by atoms with Crippen molar-refractivity contribution in [3.8, 4) is 0 Å². The van der Waals surface area contributed by atoms with E-state index in [1.807, 2.05) is 18.2 Å². The summed E-state index contributed by atoms with van der Waals surface area (Å²) in [5.41, 5.74) is 0.583. The molecule has 0 saturated heterocycles. The molecule has 152 valence electrons. The molecule has 1 aromatic rings. The first-order valence-corrected chi connectivity index (χ1v) is 9.25. The van der Waals surface area contributed by atoms with Crippen LogP contribution in [0.4, 0.5) is 0 Å². The Morgan fingerprint density at radius 2 is 1.74 bits per heavy atom. The monoisotopic (exact) mass is 380 g/mol. The van der Waals surface area contributed by atoms with E-state index in [2.05, 4.69) is 12.2 Å². The van der Waals surface area contributed by atoms with Crippen LogP contribution in [0.5, 0.6) is 0 Å². The second kappa shape index (κ2) is 13.2. The smallest absolute Gasteiger partial charge is 0.254 e. The number of ether oxygens (including phenoxy) is 3. The lowest BCUT2D eigenvalue weighted by molar-refractivity contribution is -0.130. The third-order valence-corrected chi connectivity index (χ3v) is 4.27. The number of carbonyl (C=O) groups excluding carboxylic acids is 2. The Hall–Kier alpha value is -1.96. The molecule has 0 aliphatic rings. The number of carbonyl (C=O) groups is 2. The van der Waals surface area contributed by atoms with Crippen molar-refractivity contribution in [2.45, 2.75) is 38.6 Å². The molecule has 0 spiro atoms. The van der Waals surface area contributed by atoms with E-state index in [-0.39, 0.29) is 24.5 Å². The van der Waals surface area contributed by atoms with Crippen LogP contribution in [0.2, 0.25) is 0 Å². The summed E-state index contributed by atoms with van der Waals surface area (Å²) < 4.78 is 15.7. The topological polar surface area (TPSA) is 77.1 Å². The summed E-state index contributed by atoms with van der Waals surface area (Å²) in [6, 6.07) is 9.01. The van der Waals surface area contributed by atoms with Crippen molar-refractivity contribution < 1.29 is 23.8 Å². The van der Waals surface area contributed by atoms with Crippen molar-refractivity contribution in [1.82, 2.24) is 10.2 Å². The molecule has 1 aromatic carbocycles. The van der Waals surface area contributed by atoms with Crippen LogP contribution in [0.3, 0.4) is 0 Å². The second-order valence-electron chi connectivity index (χ2n) is 6.24. The number of nitrogens with zero attached hydrogens (tertiary/aromatic N) is 1. The molecule has 1 atom stereocenters. The number of hydrogen-bond donors (Lipinski definition) is 1. The van der Waals surface area contributed by atoms with Gasteiger partial charge in [-0.1, -0.05) is 31.5 Å². The van der Waals surface area contributed by atoms with E-state index >= 15 is 0 Å². The Morgan fingerprint density at radius 1 is 1.07 bits per heavy atom. The summed E-state index contributed by atoms with van der Waals surface area (Å²) in [7, 11) is 4.69. The van der Waals surface area contributed by atoms with Crippen LogP contribution in [-0.4, -0.2) is 70.1 Å². The molecule has 1 unspecified atom stereocenters. The molecule has 0 fully saturated rings. The van der Waals surface area contributed by atoms with Crippen LogP contribution >= 0.6 is 0 Å². The Labute approximate surface area is 162 Å². The van der Waals surface area contributed by atoms with E-state index in [4.69, 9.17) is 14.2 Å². The highest BCUT2D eigenvalue weighted by molar-refractivity contribution is 5.96. The Kier molecular flexibility index (Phi) is 11.3. The third-order valence-electron chi connectivity index (χ3n) is 4.27. The van der Waals surface area contributed by atoms with Crippen molar-refractivity contribution in [3.63, 3.8) is 0 Å². The molecule has 0 saturated carbocycles. The van der Waals surface area contributed by atoms with Gasteiger partial charge in [0.15, 0.2) is 6.29 Å². The predicted octanol–water partition coefficient (Wildman–Crippen LogP) is 2.07. The van der Waals surface area contributed by atoms with E-state index < -0.39 is 6.29 Å². The maximum absolute atomic E-state index is 12.7. The summed E-state index contributed by atoms with van der Waals surface area (Å²) in [6.07, 6.45) is 1.64. The first-order chi connectivity index (χ1) is 13.0. The zero-order chi connectivity index (χ0) is 20.1. The van der Waals surface area contributed by atoms with Crippen molar-refractivity contribution in [2.24, 2.45) is 0 Å². The molecule has 27 heavy (non-hydrogen) atoms. The maximum Gasteiger partial charge on any atom is 0.254 e. The summed E-state index contributed by atoms with van der Waals surface area (Å²) in [4.78, 5) is 26.7. The first kappa shape index (κ1) is 23.1. The number of rotatable bonds is 13. The molecular weight excluding hydrogens is 348 g/mol. The van der Waals surface area contributed by atoms with Gasteiger partial charge in [0.1, 0.15) is 0 Å². The molecule has 0 heterocycles. The maximum atomic E-state index is 12.7. The lowest BCUT2D eigenvalue weighted by Gasteiger charge is -2.24. The Bertz CT molecular complexity index is 549. The van der Waals surface area contributed by atoms with Gasteiger partial charge in [-0.15, -0.1) is 0 Å². The third kappa shape index (κ3) is 8.51. The highest BCUT2D eigenvalue weighted by Crippen LogP contribution is 2.07. The van der Waals surface area contributed by atoms with Crippen LogP contribution in [-0.2, 0) is 19.0 Å². The quantitative estimate of drug-likeness (QED) is 0.530. The molecule has 7 nitrogen and oxygen atoms in total. The van der Waals surface area contributed by atoms with Crippen LogP contribution in [0, 0.1) is 0 Å². The molecule has 0 aliphatic carbocycles. The highest BCUT2D eigenvalue weighted by atomic mass is 16.7. The van der Waals surface area contributed by atoms with Crippen molar-refractivity contribution >= 4 is 11.8 Å². The first-order valence-electron chi connectivity index (χ1n) is 9.25. The second-order valence-corrected chi connectivity index (χ2v) is 6.24. The predicted molar refractivity (Wildman–Crippen MR) is 103 cm³/mol. The van der Waals surface area contributed by atoms with E-state index in [0.717, 1.165) is 12.8 Å². The average Bonchev–Trinajstić information content (AvgIpc) is 2.71. The van der Waals surface area contributed by atoms with Crippen molar-refractivity contribution in [2.75, 3.05) is 41.0 Å². The molecule has 1 N–H and O–H groups in total. The Morgan fingerprint density at radius 3 is 2.30 bits per heavy atom. The lowest BCUT2D eigenvalue weighted by atomic mass is 10.2. The average molecular weight is 380 g/mol. The highest BCUT2D eigenvalue weighted by Gasteiger charge is 2.20. The van der Waals surface area contributed by atoms with Gasteiger partial charge >= 0.3 is 0 Å². The van der Waals surface area contributed by atoms with Gasteiger partial charge in [0.25, 0.3) is 5.91 Å². The molecule has 2 amide bonds. The standard InChI is InChI=1S/C20H32N2O5/c1-5-6-12-22(20(24)16-10-8-7-9-11-16)15-18(23)21-14-17(25-2)13-19(26-3)27-4/h7-11,17,19H,5-6,12-15H2,1-4H3,(H,21,23). The van der Waals surface area contributed by atoms with Crippen LogP contribution < -0.4 is 5.32 Å². The minimum absolute atomic E-state index is 0.0160. The number of unbranched alkanes of at least 4 members (excludes halogenated alkanes) is 1. The fourth-order valence-corrected chi connectivity index (χ4v) is 2.59. The number of amides is 2. The summed E-state index contributed by atoms with van der Waals surface area (Å²) in [5.74, 6) is -0.356. The van der Waals surface area contributed by atoms with E-state index in [1.54, 1.807) is 38.4 Å². The summed E-state index contributed by atoms with van der Waals surface area (Å²) in [6.45, 7) is 2.93. The normalized spacial score (nSPS) is 12.0. The SMILES string of the molecule is CCCCN(CC(=O)NCC(CC(OC)OC)OC)C(=O)c1ccccc1. The van der Waals surface area contributed by atoms with Crippen LogP contribution in [0.15, 0.2) is 30.3 Å². The van der Waals surface area contributed by atoms with Gasteiger partial charge in [0, 0.05) is 46.4 Å². The van der Waals surface area contributed by atoms with E-state index in [1.165, 1.54) is 0 Å². The molecule has 0 bridgehead atoms. The molecule has 0 aliphatic heterocycles. The summed E-state index contributed by atoms with van der Waals surface area (Å²) >= 11 is 0. The fraction of sp³-hybridized carbons (Fsp3) is 0.600. The zero-order valence-electron chi connectivity index (χ0n) is 16.8. The molecule has 7 heteroatoms. The van der Waals surface area contributed by atoms with Gasteiger partial charge in [-0.25, -0.2) is 0 Å². The van der Waals surface area contributed by atoms with Gasteiger partial charge in [-0.05, 0) is 18.6 Å². The number of benzene rings is 1. The minimum Gasteiger partial charge on any atom is -0.379 e. The van der Waals surface area contributed by atoms with E-state index in [0.29, 0.717) is 25.1 Å². The Balaban J connectivity index is 2.61. The van der Waals surface area contributed by atoms with Crippen LogP contribution in [0.25, 0.3) is 0 Å². The molecule has 0 aromatic heterocycles. The van der Waals surface area contributed by atoms with Gasteiger partial charge in [0.2, 0.25) is 5.91 Å². The zero-order valence-corrected chi connectivity index (χ0v) is 16.8.